The van der Waals surface area contributed by atoms with E-state index in [0.29, 0.717) is 25.5 Å². The van der Waals surface area contributed by atoms with Crippen molar-refractivity contribution < 1.29 is 8.42 Å². The molecule has 5 rings (SSSR count). The standard InChI is InChI=1S/C19H20N6O2S/c20-19-16-11-25(8-7-22-28(26,27)14-2-3-14)24-18(16)15-4-1-12(9-17(15)23-19)13-5-6-21-10-13/h1,4-6,9,11,14,22H,2-3,7-8,10H2,(H2,20,23). The summed E-state index contributed by atoms with van der Waals surface area (Å²) in [5.41, 5.74) is 9.95. The van der Waals surface area contributed by atoms with Crippen LogP contribution in [0.2, 0.25) is 0 Å². The molecule has 9 heteroatoms. The summed E-state index contributed by atoms with van der Waals surface area (Å²) in [6, 6.07) is 6.06. The molecule has 0 atom stereocenters. The number of nitrogens with zero attached hydrogens (tertiary/aromatic N) is 4. The fourth-order valence-electron chi connectivity index (χ4n) is 3.47. The first-order valence-corrected chi connectivity index (χ1v) is 10.8. The molecule has 0 bridgehead atoms. The Balaban J connectivity index is 1.44. The Kier molecular flexibility index (Phi) is 3.95. The lowest BCUT2D eigenvalue weighted by molar-refractivity contribution is 0.561. The normalized spacial score (nSPS) is 16.9. The van der Waals surface area contributed by atoms with Crippen LogP contribution in [0, 0.1) is 0 Å². The number of hydrogen-bond acceptors (Lipinski definition) is 6. The second-order valence-corrected chi connectivity index (χ2v) is 9.25. The summed E-state index contributed by atoms with van der Waals surface area (Å²) >= 11 is 0. The Morgan fingerprint density at radius 2 is 2.11 bits per heavy atom. The molecule has 3 N–H and O–H groups in total. The van der Waals surface area contributed by atoms with Crippen molar-refractivity contribution in [2.45, 2.75) is 24.6 Å². The van der Waals surface area contributed by atoms with E-state index in [1.807, 2.05) is 36.7 Å². The summed E-state index contributed by atoms with van der Waals surface area (Å²) in [4.78, 5) is 8.77. The number of pyridine rings is 1. The number of nitrogens with two attached hydrogens (primary N) is 1. The molecule has 0 radical (unpaired) electrons. The highest BCUT2D eigenvalue weighted by atomic mass is 32.2. The molecule has 1 aliphatic carbocycles. The van der Waals surface area contributed by atoms with E-state index in [2.05, 4.69) is 19.8 Å². The van der Waals surface area contributed by atoms with Crippen molar-refractivity contribution in [3.63, 3.8) is 0 Å². The van der Waals surface area contributed by atoms with Crippen LogP contribution in [0.1, 0.15) is 18.4 Å². The van der Waals surface area contributed by atoms with Gasteiger partial charge in [0.25, 0.3) is 0 Å². The van der Waals surface area contributed by atoms with Gasteiger partial charge in [0.2, 0.25) is 10.0 Å². The summed E-state index contributed by atoms with van der Waals surface area (Å²) in [5.74, 6) is 0.418. The summed E-state index contributed by atoms with van der Waals surface area (Å²) in [7, 11) is -3.19. The highest BCUT2D eigenvalue weighted by Gasteiger charge is 2.35. The maximum Gasteiger partial charge on any atom is 0.214 e. The van der Waals surface area contributed by atoms with Crippen LogP contribution in [0.3, 0.4) is 0 Å². The molecule has 0 spiro atoms. The molecule has 0 amide bonds. The highest BCUT2D eigenvalue weighted by molar-refractivity contribution is 7.90. The zero-order valence-corrected chi connectivity index (χ0v) is 16.0. The second kappa shape index (κ2) is 6.39. The number of benzene rings is 1. The SMILES string of the molecule is Nc1nc2cc(C3=CC=NC3)ccc2c2nn(CCNS(=O)(=O)C3CC3)cc12. The van der Waals surface area contributed by atoms with Crippen molar-refractivity contribution in [1.82, 2.24) is 19.5 Å². The van der Waals surface area contributed by atoms with Gasteiger partial charge in [-0.15, -0.1) is 0 Å². The van der Waals surface area contributed by atoms with E-state index in [9.17, 15) is 8.42 Å². The van der Waals surface area contributed by atoms with Crippen LogP contribution in [-0.2, 0) is 16.6 Å². The van der Waals surface area contributed by atoms with E-state index in [1.165, 1.54) is 0 Å². The minimum Gasteiger partial charge on any atom is -0.383 e. The van der Waals surface area contributed by atoms with Crippen molar-refractivity contribution in [3.8, 4) is 0 Å². The quantitative estimate of drug-likeness (QED) is 0.658. The minimum atomic E-state index is -3.19. The van der Waals surface area contributed by atoms with E-state index in [4.69, 9.17) is 5.73 Å². The van der Waals surface area contributed by atoms with Crippen LogP contribution in [0.25, 0.3) is 27.4 Å². The fraction of sp³-hybridized carbons (Fsp3) is 0.316. The van der Waals surface area contributed by atoms with Gasteiger partial charge in [0.1, 0.15) is 11.3 Å². The first-order chi connectivity index (χ1) is 13.5. The molecule has 0 unspecified atom stereocenters. The predicted octanol–water partition coefficient (Wildman–Crippen LogP) is 1.72. The number of hydrogen-bond donors (Lipinski definition) is 2. The third-order valence-corrected chi connectivity index (χ3v) is 7.11. The Labute approximate surface area is 162 Å². The monoisotopic (exact) mass is 396 g/mol. The molecule has 8 nitrogen and oxygen atoms in total. The average molecular weight is 396 g/mol. The maximum absolute atomic E-state index is 11.9. The summed E-state index contributed by atoms with van der Waals surface area (Å²) in [5, 5.41) is 6.10. The number of aliphatic imine (C=N–C) groups is 1. The van der Waals surface area contributed by atoms with Crippen molar-refractivity contribution >= 4 is 49.4 Å². The molecule has 3 heterocycles. The number of aromatic nitrogens is 3. The molecule has 2 aromatic heterocycles. The third-order valence-electron chi connectivity index (χ3n) is 5.15. The summed E-state index contributed by atoms with van der Waals surface area (Å²) < 4.78 is 28.3. The van der Waals surface area contributed by atoms with E-state index in [1.54, 1.807) is 4.68 Å². The topological polar surface area (TPSA) is 115 Å². The first-order valence-electron chi connectivity index (χ1n) is 9.25. The predicted molar refractivity (Wildman–Crippen MR) is 111 cm³/mol. The summed E-state index contributed by atoms with van der Waals surface area (Å²) in [6.07, 6.45) is 7.13. The van der Waals surface area contributed by atoms with E-state index < -0.39 is 10.0 Å². The van der Waals surface area contributed by atoms with Gasteiger partial charge in [0.15, 0.2) is 0 Å². The van der Waals surface area contributed by atoms with Crippen LogP contribution >= 0.6 is 0 Å². The van der Waals surface area contributed by atoms with Gasteiger partial charge in [-0.05, 0) is 42.2 Å². The van der Waals surface area contributed by atoms with Gasteiger partial charge in [-0.3, -0.25) is 9.67 Å². The van der Waals surface area contributed by atoms with Crippen molar-refractivity contribution in [1.29, 1.82) is 0 Å². The van der Waals surface area contributed by atoms with E-state index >= 15 is 0 Å². The van der Waals surface area contributed by atoms with Crippen LogP contribution in [0.15, 0.2) is 35.5 Å². The van der Waals surface area contributed by atoms with Crippen molar-refractivity contribution in [3.05, 3.63) is 36.0 Å². The zero-order valence-electron chi connectivity index (χ0n) is 15.2. The van der Waals surface area contributed by atoms with Gasteiger partial charge in [-0.1, -0.05) is 6.07 Å². The van der Waals surface area contributed by atoms with Gasteiger partial charge >= 0.3 is 0 Å². The highest BCUT2D eigenvalue weighted by Crippen LogP contribution is 2.30. The molecule has 1 aliphatic heterocycles. The van der Waals surface area contributed by atoms with Gasteiger partial charge in [-0.2, -0.15) is 5.10 Å². The Bertz CT molecular complexity index is 1250. The molecule has 1 fully saturated rings. The fourth-order valence-corrected chi connectivity index (χ4v) is 4.84. The molecule has 144 valence electrons. The van der Waals surface area contributed by atoms with Gasteiger partial charge in [0, 0.05) is 24.3 Å². The van der Waals surface area contributed by atoms with Crippen LogP contribution in [0.4, 0.5) is 5.82 Å². The molecule has 0 saturated heterocycles. The number of nitrogen functional groups attached to an aromatic ring is 1. The molecule has 2 aliphatic rings. The van der Waals surface area contributed by atoms with Crippen LogP contribution < -0.4 is 10.5 Å². The first kappa shape index (κ1) is 17.3. The van der Waals surface area contributed by atoms with E-state index in [-0.39, 0.29) is 5.25 Å². The molecule has 3 aromatic rings. The lowest BCUT2D eigenvalue weighted by Crippen LogP contribution is -2.30. The zero-order chi connectivity index (χ0) is 19.3. The maximum atomic E-state index is 11.9. The smallest absolute Gasteiger partial charge is 0.214 e. The largest absolute Gasteiger partial charge is 0.383 e. The van der Waals surface area contributed by atoms with Gasteiger partial charge < -0.3 is 5.73 Å². The number of fused-ring (bicyclic) bond motifs is 3. The molecule has 28 heavy (non-hydrogen) atoms. The molecular formula is C19H20N6O2S. The molecule has 1 aromatic carbocycles. The van der Waals surface area contributed by atoms with E-state index in [0.717, 1.165) is 45.8 Å². The Morgan fingerprint density at radius 3 is 2.86 bits per heavy atom. The minimum absolute atomic E-state index is 0.220. The molecular weight excluding hydrogens is 376 g/mol. The molecule has 1 saturated carbocycles. The average Bonchev–Trinajstić information content (AvgIpc) is 3.23. The van der Waals surface area contributed by atoms with Gasteiger partial charge in [0.05, 0.1) is 29.2 Å². The van der Waals surface area contributed by atoms with Crippen LogP contribution in [-0.4, -0.2) is 47.7 Å². The van der Waals surface area contributed by atoms with Gasteiger partial charge in [-0.25, -0.2) is 18.1 Å². The number of nitrogens with one attached hydrogen (secondary N) is 1. The Hall–Kier alpha value is -2.78. The lowest BCUT2D eigenvalue weighted by Gasteiger charge is -2.05. The third kappa shape index (κ3) is 3.06. The lowest BCUT2D eigenvalue weighted by atomic mass is 10.0. The number of anilines is 1. The number of rotatable bonds is 6. The van der Waals surface area contributed by atoms with Crippen molar-refractivity contribution in [2.75, 3.05) is 18.8 Å². The van der Waals surface area contributed by atoms with Crippen LogP contribution in [0.5, 0.6) is 0 Å². The van der Waals surface area contributed by atoms with Crippen molar-refractivity contribution in [2.24, 2.45) is 4.99 Å². The number of sulfonamides is 1. The Morgan fingerprint density at radius 1 is 1.25 bits per heavy atom. The summed E-state index contributed by atoms with van der Waals surface area (Å²) in [6.45, 7) is 1.41. The number of allylic oxidation sites excluding steroid dienone is 1. The second-order valence-electron chi connectivity index (χ2n) is 7.20.